The van der Waals surface area contributed by atoms with E-state index >= 15 is 0 Å². The van der Waals surface area contributed by atoms with Crippen molar-refractivity contribution in [2.45, 2.75) is 31.2 Å². The summed E-state index contributed by atoms with van der Waals surface area (Å²) in [5, 5.41) is 3.02. The van der Waals surface area contributed by atoms with Crippen LogP contribution in [-0.4, -0.2) is 48.6 Å². The maximum atomic E-state index is 12.9. The van der Waals surface area contributed by atoms with E-state index < -0.39 is 21.1 Å². The fraction of sp³-hybridized carbons (Fsp3) is 0.348. The third-order valence-electron chi connectivity index (χ3n) is 5.94. The molecule has 3 aromatic rings. The number of sulfonamides is 1. The Labute approximate surface area is 191 Å². The molecular formula is C23H26N4O5S. The van der Waals surface area contributed by atoms with Crippen molar-refractivity contribution in [2.24, 2.45) is 5.92 Å². The van der Waals surface area contributed by atoms with Crippen LogP contribution in [0.1, 0.15) is 18.4 Å². The highest BCUT2D eigenvalue weighted by atomic mass is 32.2. The number of rotatable bonds is 6. The number of aromatic amines is 1. The molecule has 1 amide bonds. The predicted molar refractivity (Wildman–Crippen MR) is 125 cm³/mol. The summed E-state index contributed by atoms with van der Waals surface area (Å²) in [6.45, 7) is 2.72. The zero-order valence-corrected chi connectivity index (χ0v) is 19.1. The van der Waals surface area contributed by atoms with E-state index in [9.17, 15) is 22.8 Å². The molecule has 1 unspecified atom stereocenters. The molecule has 2 aromatic carbocycles. The normalized spacial score (nSPS) is 16.8. The first-order chi connectivity index (χ1) is 15.7. The highest BCUT2D eigenvalue weighted by Gasteiger charge is 2.26. The second-order valence-electron chi connectivity index (χ2n) is 8.39. The maximum Gasteiger partial charge on any atom is 0.273 e. The van der Waals surface area contributed by atoms with Gasteiger partial charge in [-0.3, -0.25) is 19.5 Å². The number of benzene rings is 2. The van der Waals surface area contributed by atoms with Gasteiger partial charge in [0.25, 0.3) is 11.1 Å². The number of aryl methyl sites for hydroxylation is 1. The van der Waals surface area contributed by atoms with E-state index in [1.807, 2.05) is 6.92 Å². The summed E-state index contributed by atoms with van der Waals surface area (Å²) in [7, 11) is -3.63. The average Bonchev–Trinajstić information content (AvgIpc) is 2.81. The molecule has 1 atom stereocenters. The first-order valence-corrected chi connectivity index (χ1v) is 12.3. The standard InChI is InChI=1S/C23H26N4O5S/c1-16-8-10-18(11-9-16)33(31,32)24-13-17-5-4-12-26(14-17)21(28)15-27-23(30)20-7-3-2-6-19(20)22(29)25-27/h2-3,6-11,17,24H,4-5,12-15H2,1H3,(H,25,29). The number of amides is 1. The van der Waals surface area contributed by atoms with Crippen LogP contribution in [-0.2, 0) is 21.4 Å². The summed E-state index contributed by atoms with van der Waals surface area (Å²) in [5.41, 5.74) is 0.111. The van der Waals surface area contributed by atoms with Crippen molar-refractivity contribution in [3.8, 4) is 0 Å². The maximum absolute atomic E-state index is 12.9. The number of hydrogen-bond acceptors (Lipinski definition) is 5. The topological polar surface area (TPSA) is 121 Å². The Morgan fingerprint density at radius 3 is 2.52 bits per heavy atom. The highest BCUT2D eigenvalue weighted by molar-refractivity contribution is 7.89. The molecule has 0 radical (unpaired) electrons. The second-order valence-corrected chi connectivity index (χ2v) is 10.2. The van der Waals surface area contributed by atoms with Crippen LogP contribution in [0.4, 0.5) is 0 Å². The largest absolute Gasteiger partial charge is 0.341 e. The van der Waals surface area contributed by atoms with E-state index in [0.29, 0.717) is 13.1 Å². The Bertz CT molecular complexity index is 1390. The number of likely N-dealkylation sites (tertiary alicyclic amines) is 1. The summed E-state index contributed by atoms with van der Waals surface area (Å²) in [5.74, 6) is -0.343. The van der Waals surface area contributed by atoms with Crippen molar-refractivity contribution in [3.05, 3.63) is 74.8 Å². The molecule has 2 N–H and O–H groups in total. The minimum absolute atomic E-state index is 0.0460. The quantitative estimate of drug-likeness (QED) is 0.561. The van der Waals surface area contributed by atoms with E-state index in [2.05, 4.69) is 9.82 Å². The number of piperidine rings is 1. The van der Waals surface area contributed by atoms with E-state index in [1.165, 1.54) is 0 Å². The lowest BCUT2D eigenvalue weighted by atomic mass is 9.98. The first kappa shape index (κ1) is 22.9. The fourth-order valence-electron chi connectivity index (χ4n) is 4.08. The molecule has 1 aliphatic rings. The molecule has 33 heavy (non-hydrogen) atoms. The Kier molecular flexibility index (Phi) is 6.48. The van der Waals surface area contributed by atoms with Gasteiger partial charge >= 0.3 is 0 Å². The Hall–Kier alpha value is -3.24. The van der Waals surface area contributed by atoms with Crippen LogP contribution in [0, 0.1) is 12.8 Å². The van der Waals surface area contributed by atoms with Gasteiger partial charge in [0.15, 0.2) is 0 Å². The highest BCUT2D eigenvalue weighted by Crippen LogP contribution is 2.18. The van der Waals surface area contributed by atoms with Crippen LogP contribution in [0.25, 0.3) is 10.8 Å². The van der Waals surface area contributed by atoms with Crippen molar-refractivity contribution >= 4 is 26.7 Å². The number of nitrogens with one attached hydrogen (secondary N) is 2. The minimum atomic E-state index is -3.63. The van der Waals surface area contributed by atoms with Gasteiger partial charge in [-0.05, 0) is 49.9 Å². The number of aromatic nitrogens is 2. The number of fused-ring (bicyclic) bond motifs is 1. The van der Waals surface area contributed by atoms with Gasteiger partial charge in [-0.15, -0.1) is 0 Å². The zero-order valence-electron chi connectivity index (χ0n) is 18.3. The average molecular weight is 471 g/mol. The smallest absolute Gasteiger partial charge is 0.273 e. The van der Waals surface area contributed by atoms with Crippen molar-refractivity contribution < 1.29 is 13.2 Å². The summed E-state index contributed by atoms with van der Waals surface area (Å²) in [4.78, 5) is 39.6. The predicted octanol–water partition coefficient (Wildman–Crippen LogP) is 1.22. The van der Waals surface area contributed by atoms with E-state index in [0.717, 1.165) is 23.1 Å². The Morgan fingerprint density at radius 1 is 1.09 bits per heavy atom. The summed E-state index contributed by atoms with van der Waals surface area (Å²) in [6, 6.07) is 13.1. The van der Waals surface area contributed by atoms with Gasteiger partial charge in [0, 0.05) is 19.6 Å². The Balaban J connectivity index is 1.41. The molecular weight excluding hydrogens is 444 g/mol. The lowest BCUT2D eigenvalue weighted by Gasteiger charge is -2.33. The Morgan fingerprint density at radius 2 is 1.79 bits per heavy atom. The molecule has 0 saturated carbocycles. The van der Waals surface area contributed by atoms with Gasteiger partial charge in [-0.25, -0.2) is 17.8 Å². The summed E-state index contributed by atoms with van der Waals surface area (Å²) < 4.78 is 28.8. The molecule has 0 bridgehead atoms. The van der Waals surface area contributed by atoms with E-state index in [1.54, 1.807) is 53.4 Å². The fourth-order valence-corrected chi connectivity index (χ4v) is 5.20. The molecule has 4 rings (SSSR count). The third kappa shape index (κ3) is 5.07. The van der Waals surface area contributed by atoms with Crippen LogP contribution < -0.4 is 15.8 Å². The number of hydrogen-bond donors (Lipinski definition) is 2. The minimum Gasteiger partial charge on any atom is -0.341 e. The number of nitrogens with zero attached hydrogens (tertiary/aromatic N) is 2. The molecule has 10 heteroatoms. The monoisotopic (exact) mass is 470 g/mol. The number of carbonyl (C=O) groups excluding carboxylic acids is 1. The molecule has 174 valence electrons. The van der Waals surface area contributed by atoms with Gasteiger partial charge in [-0.2, -0.15) is 0 Å². The van der Waals surface area contributed by atoms with E-state index in [-0.39, 0.29) is 40.6 Å². The molecule has 1 aliphatic heterocycles. The molecule has 2 heterocycles. The number of H-pyrrole nitrogens is 1. The van der Waals surface area contributed by atoms with Crippen LogP contribution >= 0.6 is 0 Å². The molecule has 9 nitrogen and oxygen atoms in total. The van der Waals surface area contributed by atoms with Crippen LogP contribution in [0.3, 0.4) is 0 Å². The van der Waals surface area contributed by atoms with Gasteiger partial charge in [0.2, 0.25) is 15.9 Å². The van der Waals surface area contributed by atoms with Crippen LogP contribution in [0.5, 0.6) is 0 Å². The lowest BCUT2D eigenvalue weighted by molar-refractivity contribution is -0.133. The lowest BCUT2D eigenvalue weighted by Crippen LogP contribution is -2.46. The molecule has 1 aromatic heterocycles. The van der Waals surface area contributed by atoms with Crippen molar-refractivity contribution in [2.75, 3.05) is 19.6 Å². The number of carbonyl (C=O) groups is 1. The second kappa shape index (κ2) is 9.32. The van der Waals surface area contributed by atoms with Crippen molar-refractivity contribution in [3.63, 3.8) is 0 Å². The zero-order chi connectivity index (χ0) is 23.6. The van der Waals surface area contributed by atoms with Gasteiger partial charge in [0.1, 0.15) is 6.54 Å². The van der Waals surface area contributed by atoms with Gasteiger partial charge < -0.3 is 4.90 Å². The SMILES string of the molecule is Cc1ccc(S(=O)(=O)NCC2CCCN(C(=O)Cn3[nH]c(=O)c4ccccc4c3=O)C2)cc1. The van der Waals surface area contributed by atoms with Crippen molar-refractivity contribution in [1.29, 1.82) is 0 Å². The van der Waals surface area contributed by atoms with Gasteiger partial charge in [-0.1, -0.05) is 29.8 Å². The third-order valence-corrected chi connectivity index (χ3v) is 7.38. The molecule has 0 spiro atoms. The van der Waals surface area contributed by atoms with Gasteiger partial charge in [0.05, 0.1) is 15.7 Å². The molecule has 1 fully saturated rings. The summed E-state index contributed by atoms with van der Waals surface area (Å²) >= 11 is 0. The van der Waals surface area contributed by atoms with Crippen molar-refractivity contribution in [1.82, 2.24) is 19.4 Å². The van der Waals surface area contributed by atoms with E-state index in [4.69, 9.17) is 0 Å². The molecule has 1 saturated heterocycles. The molecule has 0 aliphatic carbocycles. The first-order valence-electron chi connectivity index (χ1n) is 10.8. The summed E-state index contributed by atoms with van der Waals surface area (Å²) in [6.07, 6.45) is 1.51. The van der Waals surface area contributed by atoms with Crippen LogP contribution in [0.15, 0.2) is 63.0 Å². The van der Waals surface area contributed by atoms with Crippen LogP contribution in [0.2, 0.25) is 0 Å².